The van der Waals surface area contributed by atoms with Crippen LogP contribution in [0.4, 0.5) is 4.39 Å². The van der Waals surface area contributed by atoms with Gasteiger partial charge >= 0.3 is 0 Å². The van der Waals surface area contributed by atoms with Gasteiger partial charge in [0.1, 0.15) is 18.0 Å². The number of nitrogens with zero attached hydrogens (tertiary/aromatic N) is 4. The van der Waals surface area contributed by atoms with Crippen LogP contribution in [0.5, 0.6) is 0 Å². The number of hydrogen-bond donors (Lipinski definition) is 1. The molecule has 138 valence electrons. The highest BCUT2D eigenvalue weighted by Gasteiger charge is 2.24. The first-order valence-corrected chi connectivity index (χ1v) is 8.53. The van der Waals surface area contributed by atoms with Crippen molar-refractivity contribution in [2.45, 2.75) is 6.42 Å². The second-order valence-corrected chi connectivity index (χ2v) is 6.53. The standard InChI is InChI=1S/C18H15ClFN5O2/c19-12-3-6-16-22-18(11-1-4-13(20)5-2-11)14(25(16)8-12)7-17-23-27-10-24(17)9-15(21)26/h1-6,8H,7,9-10H2,(H2,21,26). The van der Waals surface area contributed by atoms with E-state index >= 15 is 0 Å². The normalized spacial score (nSPS) is 13.7. The molecule has 4 rings (SSSR count). The fraction of sp³-hybridized carbons (Fsp3) is 0.167. The summed E-state index contributed by atoms with van der Waals surface area (Å²) in [5.74, 6) is -0.250. The van der Waals surface area contributed by atoms with E-state index in [1.54, 1.807) is 35.4 Å². The number of carbonyl (C=O) groups is 1. The number of fused-ring (bicyclic) bond motifs is 1. The van der Waals surface area contributed by atoms with Crippen molar-refractivity contribution in [3.8, 4) is 11.3 Å². The molecule has 0 unspecified atom stereocenters. The molecule has 0 fully saturated rings. The van der Waals surface area contributed by atoms with E-state index in [-0.39, 0.29) is 19.1 Å². The minimum atomic E-state index is -0.479. The van der Waals surface area contributed by atoms with Crippen molar-refractivity contribution in [3.05, 3.63) is 59.1 Å². The maximum absolute atomic E-state index is 13.3. The van der Waals surface area contributed by atoms with Crippen molar-refractivity contribution in [2.24, 2.45) is 10.9 Å². The highest BCUT2D eigenvalue weighted by Crippen LogP contribution is 2.27. The molecule has 3 aromatic rings. The molecule has 7 nitrogen and oxygen atoms in total. The Hall–Kier alpha value is -3.13. The average Bonchev–Trinajstić information content (AvgIpc) is 3.20. The van der Waals surface area contributed by atoms with E-state index in [0.29, 0.717) is 28.6 Å². The quantitative estimate of drug-likeness (QED) is 0.728. The number of primary amides is 1. The van der Waals surface area contributed by atoms with Gasteiger partial charge in [-0.1, -0.05) is 16.8 Å². The van der Waals surface area contributed by atoms with Crippen molar-refractivity contribution in [2.75, 3.05) is 13.3 Å². The zero-order valence-electron chi connectivity index (χ0n) is 14.1. The third-order valence-corrected chi connectivity index (χ3v) is 4.44. The van der Waals surface area contributed by atoms with Crippen LogP contribution in [0.15, 0.2) is 47.8 Å². The predicted molar refractivity (Wildman–Crippen MR) is 98.6 cm³/mol. The molecule has 2 aromatic heterocycles. The van der Waals surface area contributed by atoms with Crippen LogP contribution in [-0.2, 0) is 16.1 Å². The Kier molecular flexibility index (Phi) is 4.41. The van der Waals surface area contributed by atoms with Crippen LogP contribution in [0.25, 0.3) is 16.9 Å². The predicted octanol–water partition coefficient (Wildman–Crippen LogP) is 2.42. The number of amides is 1. The minimum Gasteiger partial charge on any atom is -0.372 e. The lowest BCUT2D eigenvalue weighted by Crippen LogP contribution is -2.37. The zero-order chi connectivity index (χ0) is 19.0. The van der Waals surface area contributed by atoms with Crippen LogP contribution < -0.4 is 5.73 Å². The fourth-order valence-electron chi connectivity index (χ4n) is 3.00. The SMILES string of the molecule is NC(=O)CN1CON=C1Cc1c(-c2ccc(F)cc2)nc2ccc(Cl)cn12. The van der Waals surface area contributed by atoms with E-state index in [1.807, 2.05) is 4.40 Å². The highest BCUT2D eigenvalue weighted by atomic mass is 35.5. The van der Waals surface area contributed by atoms with E-state index in [4.69, 9.17) is 22.2 Å². The largest absolute Gasteiger partial charge is 0.372 e. The number of benzene rings is 1. The van der Waals surface area contributed by atoms with Crippen LogP contribution in [0, 0.1) is 5.82 Å². The molecule has 0 bridgehead atoms. The molecule has 2 N–H and O–H groups in total. The van der Waals surface area contributed by atoms with E-state index in [1.165, 1.54) is 12.1 Å². The Morgan fingerprint density at radius 1 is 1.26 bits per heavy atom. The molecule has 0 saturated carbocycles. The first-order chi connectivity index (χ1) is 13.0. The molecule has 1 aromatic carbocycles. The molecular weight excluding hydrogens is 373 g/mol. The van der Waals surface area contributed by atoms with E-state index < -0.39 is 5.91 Å². The van der Waals surface area contributed by atoms with Gasteiger partial charge in [-0.25, -0.2) is 9.37 Å². The van der Waals surface area contributed by atoms with Gasteiger partial charge in [0.2, 0.25) is 5.91 Å². The third kappa shape index (κ3) is 3.43. The van der Waals surface area contributed by atoms with Gasteiger partial charge in [0.25, 0.3) is 0 Å². The zero-order valence-corrected chi connectivity index (χ0v) is 14.9. The van der Waals surface area contributed by atoms with Crippen LogP contribution >= 0.6 is 11.6 Å². The van der Waals surface area contributed by atoms with Crippen molar-refractivity contribution < 1.29 is 14.0 Å². The summed E-state index contributed by atoms with van der Waals surface area (Å²) in [5.41, 5.74) is 8.20. The van der Waals surface area contributed by atoms with Crippen LogP contribution in [0.1, 0.15) is 5.69 Å². The summed E-state index contributed by atoms with van der Waals surface area (Å²) in [6.45, 7) is 0.157. The summed E-state index contributed by atoms with van der Waals surface area (Å²) in [4.78, 5) is 22.7. The van der Waals surface area contributed by atoms with Gasteiger partial charge in [-0.3, -0.25) is 4.79 Å². The van der Waals surface area contributed by atoms with Gasteiger partial charge in [0, 0.05) is 11.8 Å². The number of hydrogen-bond acceptors (Lipinski definition) is 5. The monoisotopic (exact) mass is 387 g/mol. The Labute approximate surface area is 158 Å². The van der Waals surface area contributed by atoms with E-state index in [0.717, 1.165) is 11.3 Å². The Morgan fingerprint density at radius 3 is 2.78 bits per heavy atom. The molecule has 0 aliphatic carbocycles. The summed E-state index contributed by atoms with van der Waals surface area (Å²) in [5, 5.41) is 4.57. The topological polar surface area (TPSA) is 85.2 Å². The molecule has 0 atom stereocenters. The molecule has 1 aliphatic heterocycles. The molecular formula is C18H15ClFN5O2. The van der Waals surface area contributed by atoms with Gasteiger partial charge in [0.05, 0.1) is 22.8 Å². The third-order valence-electron chi connectivity index (χ3n) is 4.22. The number of oxime groups is 1. The molecule has 27 heavy (non-hydrogen) atoms. The first kappa shape index (κ1) is 17.3. The molecule has 1 aliphatic rings. The lowest BCUT2D eigenvalue weighted by molar-refractivity contribution is -0.118. The minimum absolute atomic E-state index is 0.00219. The molecule has 9 heteroatoms. The summed E-state index contributed by atoms with van der Waals surface area (Å²) < 4.78 is 15.2. The average molecular weight is 388 g/mol. The number of imidazole rings is 1. The molecule has 0 saturated heterocycles. The number of nitrogens with two attached hydrogens (primary N) is 1. The summed E-state index contributed by atoms with van der Waals surface area (Å²) in [7, 11) is 0. The molecule has 0 spiro atoms. The Morgan fingerprint density at radius 2 is 2.04 bits per heavy atom. The van der Waals surface area contributed by atoms with Gasteiger partial charge < -0.3 is 19.9 Å². The van der Waals surface area contributed by atoms with Crippen molar-refractivity contribution in [3.63, 3.8) is 0 Å². The summed E-state index contributed by atoms with van der Waals surface area (Å²) in [6.07, 6.45) is 2.09. The number of amidine groups is 1. The Bertz CT molecular complexity index is 1050. The van der Waals surface area contributed by atoms with Gasteiger partial charge in [-0.15, -0.1) is 0 Å². The van der Waals surface area contributed by atoms with E-state index in [2.05, 4.69) is 10.1 Å². The number of aromatic nitrogens is 2. The smallest absolute Gasteiger partial charge is 0.237 e. The van der Waals surface area contributed by atoms with Crippen LogP contribution in [0.3, 0.4) is 0 Å². The fourth-order valence-corrected chi connectivity index (χ4v) is 3.16. The second-order valence-electron chi connectivity index (χ2n) is 6.10. The van der Waals surface area contributed by atoms with Crippen molar-refractivity contribution in [1.82, 2.24) is 14.3 Å². The number of rotatable bonds is 5. The van der Waals surface area contributed by atoms with Crippen molar-refractivity contribution in [1.29, 1.82) is 0 Å². The highest BCUT2D eigenvalue weighted by molar-refractivity contribution is 6.30. The van der Waals surface area contributed by atoms with Gasteiger partial charge in [0.15, 0.2) is 12.6 Å². The van der Waals surface area contributed by atoms with Gasteiger partial charge in [-0.05, 0) is 36.4 Å². The summed E-state index contributed by atoms with van der Waals surface area (Å²) >= 11 is 6.16. The number of carbonyl (C=O) groups excluding carboxylic acids is 1. The lowest BCUT2D eigenvalue weighted by Gasteiger charge is -2.15. The van der Waals surface area contributed by atoms with Crippen LogP contribution in [-0.4, -0.2) is 39.3 Å². The Balaban J connectivity index is 1.80. The molecule has 1 amide bonds. The maximum Gasteiger partial charge on any atom is 0.237 e. The molecule has 3 heterocycles. The van der Waals surface area contributed by atoms with E-state index in [9.17, 15) is 9.18 Å². The number of halogens is 2. The maximum atomic E-state index is 13.3. The summed E-state index contributed by atoms with van der Waals surface area (Å²) in [6, 6.07) is 9.63. The lowest BCUT2D eigenvalue weighted by atomic mass is 10.1. The van der Waals surface area contributed by atoms with Gasteiger partial charge in [-0.2, -0.15) is 0 Å². The number of pyridine rings is 1. The molecule has 0 radical (unpaired) electrons. The van der Waals surface area contributed by atoms with Crippen molar-refractivity contribution >= 4 is 29.0 Å². The first-order valence-electron chi connectivity index (χ1n) is 8.16. The second kappa shape index (κ2) is 6.88. The van der Waals surface area contributed by atoms with Crippen LogP contribution in [0.2, 0.25) is 5.02 Å².